The lowest BCUT2D eigenvalue weighted by Crippen LogP contribution is -2.18. The summed E-state index contributed by atoms with van der Waals surface area (Å²) in [5, 5.41) is 2.77. The van der Waals surface area contributed by atoms with Gasteiger partial charge in [0.2, 0.25) is 5.12 Å². The molecule has 5 rings (SSSR count). The molecular weight excluding hydrogens is 423 g/mol. The number of hydrogen-bond donors (Lipinski definition) is 0. The Labute approximate surface area is 195 Å². The van der Waals surface area contributed by atoms with E-state index in [1.165, 1.54) is 16.7 Å². The van der Waals surface area contributed by atoms with E-state index in [2.05, 4.69) is 107 Å². The predicted octanol–water partition coefficient (Wildman–Crippen LogP) is 8.98. The normalized spacial score (nSPS) is 12.9. The molecule has 0 N–H and O–H groups in total. The highest BCUT2D eigenvalue weighted by atomic mass is 31.1. The van der Waals surface area contributed by atoms with Gasteiger partial charge in [-0.05, 0) is 45.0 Å². The van der Waals surface area contributed by atoms with Crippen molar-refractivity contribution in [3.05, 3.63) is 119 Å². The van der Waals surface area contributed by atoms with Crippen LogP contribution in [0.2, 0.25) is 0 Å². The zero-order valence-corrected chi connectivity index (χ0v) is 20.4. The van der Waals surface area contributed by atoms with Crippen LogP contribution in [0.5, 0.6) is 0 Å². The topological polar surface area (TPSA) is 30.2 Å². The van der Waals surface area contributed by atoms with E-state index in [4.69, 9.17) is 4.20 Å². The highest BCUT2D eigenvalue weighted by Crippen LogP contribution is 2.41. The summed E-state index contributed by atoms with van der Waals surface area (Å²) in [7, 11) is -1.96. The van der Waals surface area contributed by atoms with E-state index in [0.717, 1.165) is 21.5 Å². The van der Waals surface area contributed by atoms with E-state index >= 15 is 0 Å². The van der Waals surface area contributed by atoms with Crippen molar-refractivity contribution in [2.75, 3.05) is 0 Å². The Morgan fingerprint density at radius 2 is 1.09 bits per heavy atom. The molecule has 1 heterocycles. The van der Waals surface area contributed by atoms with Crippen LogP contribution in [0.4, 0.5) is 0 Å². The van der Waals surface area contributed by atoms with Crippen LogP contribution in [0.3, 0.4) is 0 Å². The third-order valence-electron chi connectivity index (χ3n) is 7.08. The molecule has 0 fully saturated rings. The van der Waals surface area contributed by atoms with Gasteiger partial charge in [0.05, 0.1) is 0 Å². The van der Waals surface area contributed by atoms with Crippen LogP contribution in [0, 0.1) is 0 Å². The summed E-state index contributed by atoms with van der Waals surface area (Å²) >= 11 is 0. The zero-order chi connectivity index (χ0) is 23.2. The van der Waals surface area contributed by atoms with Crippen LogP contribution >= 0.6 is 7.65 Å². The van der Waals surface area contributed by atoms with Gasteiger partial charge in [0.25, 0.3) is 0 Å². The van der Waals surface area contributed by atoms with Gasteiger partial charge in [0.1, 0.15) is 0 Å². The first kappa shape index (κ1) is 21.6. The Kier molecular flexibility index (Phi) is 5.22. The first-order valence-electron chi connectivity index (χ1n) is 11.3. The lowest BCUT2D eigenvalue weighted by molar-refractivity contribution is 0.563. The molecule has 0 saturated carbocycles. The summed E-state index contributed by atoms with van der Waals surface area (Å²) in [5.41, 5.74) is 5.13. The minimum absolute atomic E-state index is 0.161. The quantitative estimate of drug-likeness (QED) is 0.255. The van der Waals surface area contributed by atoms with Gasteiger partial charge >= 0.3 is 7.65 Å². The molecule has 33 heavy (non-hydrogen) atoms. The summed E-state index contributed by atoms with van der Waals surface area (Å²) in [6.45, 7) is 8.88. The predicted molar refractivity (Wildman–Crippen MR) is 138 cm³/mol. The minimum atomic E-state index is -1.96. The first-order chi connectivity index (χ1) is 15.8. The number of hydrogen-bond acceptors (Lipinski definition) is 2. The number of rotatable bonds is 4. The SMILES string of the molecule is CC(C)(c1ccccc1)c1ccc2o[p+](=O)c3cc(C(C)(C)c4ccccc4)ccc3c2c1. The van der Waals surface area contributed by atoms with Gasteiger partial charge in [-0.15, -0.1) is 0 Å². The molecule has 0 bridgehead atoms. The molecule has 1 aromatic heterocycles. The Balaban J connectivity index is 1.69. The van der Waals surface area contributed by atoms with Gasteiger partial charge in [-0.2, -0.15) is 0 Å². The van der Waals surface area contributed by atoms with Crippen LogP contribution in [0.1, 0.15) is 49.9 Å². The maximum atomic E-state index is 13.1. The molecule has 5 aromatic rings. The second kappa shape index (κ2) is 7.97. The first-order valence-corrected chi connectivity index (χ1v) is 12.5. The van der Waals surface area contributed by atoms with Gasteiger partial charge in [-0.1, -0.05) is 100 Å². The largest absolute Gasteiger partial charge is 0.597 e. The van der Waals surface area contributed by atoms with Gasteiger partial charge in [-0.25, -0.2) is 4.20 Å². The molecule has 1 unspecified atom stereocenters. The highest BCUT2D eigenvalue weighted by Gasteiger charge is 2.28. The second-order valence-electron chi connectivity index (χ2n) is 9.77. The fraction of sp³-hybridized carbons (Fsp3) is 0.200. The average molecular weight is 452 g/mol. The molecule has 0 aliphatic rings. The van der Waals surface area contributed by atoms with Gasteiger partial charge in [0.15, 0.2) is 5.58 Å². The maximum Gasteiger partial charge on any atom is 0.597 e. The molecule has 2 nitrogen and oxygen atoms in total. The molecule has 0 aliphatic heterocycles. The summed E-state index contributed by atoms with van der Waals surface area (Å²) in [6.07, 6.45) is 0. The second-order valence-corrected chi connectivity index (χ2v) is 11.0. The average Bonchev–Trinajstić information content (AvgIpc) is 2.85. The van der Waals surface area contributed by atoms with E-state index in [9.17, 15) is 4.57 Å². The molecule has 164 valence electrons. The third-order valence-corrected chi connectivity index (χ3v) is 8.21. The third kappa shape index (κ3) is 3.69. The van der Waals surface area contributed by atoms with Crippen LogP contribution < -0.4 is 0 Å². The van der Waals surface area contributed by atoms with Crippen LogP contribution in [0.25, 0.3) is 21.5 Å². The molecule has 0 amide bonds. The van der Waals surface area contributed by atoms with E-state index in [-0.39, 0.29) is 10.8 Å². The van der Waals surface area contributed by atoms with E-state index in [1.54, 1.807) is 0 Å². The van der Waals surface area contributed by atoms with E-state index in [1.807, 2.05) is 18.2 Å². The summed E-state index contributed by atoms with van der Waals surface area (Å²) in [5.74, 6) is 0. The van der Waals surface area contributed by atoms with Crippen molar-refractivity contribution in [3.8, 4) is 0 Å². The van der Waals surface area contributed by atoms with Crippen LogP contribution in [0.15, 0.2) is 101 Å². The van der Waals surface area contributed by atoms with Crippen molar-refractivity contribution >= 4 is 29.1 Å². The lowest BCUT2D eigenvalue weighted by Gasteiger charge is -2.26. The van der Waals surface area contributed by atoms with Crippen molar-refractivity contribution < 1.29 is 8.76 Å². The Bertz CT molecular complexity index is 1510. The van der Waals surface area contributed by atoms with Gasteiger partial charge < -0.3 is 0 Å². The summed E-state index contributed by atoms with van der Waals surface area (Å²) < 4.78 is 19.0. The zero-order valence-electron chi connectivity index (χ0n) is 19.5. The van der Waals surface area contributed by atoms with Crippen molar-refractivity contribution in [3.63, 3.8) is 0 Å². The van der Waals surface area contributed by atoms with Crippen molar-refractivity contribution in [1.82, 2.24) is 0 Å². The Hall–Kier alpha value is -3.22. The fourth-order valence-corrected chi connectivity index (χ4v) is 5.76. The van der Waals surface area contributed by atoms with Crippen molar-refractivity contribution in [2.24, 2.45) is 0 Å². The molecule has 0 radical (unpaired) electrons. The van der Waals surface area contributed by atoms with Crippen molar-refractivity contribution in [2.45, 2.75) is 38.5 Å². The summed E-state index contributed by atoms with van der Waals surface area (Å²) in [6, 6.07) is 33.6. The van der Waals surface area contributed by atoms with Crippen LogP contribution in [-0.4, -0.2) is 0 Å². The molecule has 0 aliphatic carbocycles. The van der Waals surface area contributed by atoms with E-state index < -0.39 is 7.65 Å². The monoisotopic (exact) mass is 451 g/mol. The standard InChI is InChI=1S/C30H28O2P/c1-29(2,21-11-7-5-8-12-21)23-16-18-27-26(19-23)25-17-15-24(20-28(25)33(31)32-27)30(3,4)22-13-9-6-10-14-22/h5-20H,1-4H3/q+1. The Morgan fingerprint density at radius 3 is 1.67 bits per heavy atom. The van der Waals surface area contributed by atoms with Crippen LogP contribution in [-0.2, 0) is 15.4 Å². The molecule has 1 atom stereocenters. The Morgan fingerprint density at radius 1 is 0.576 bits per heavy atom. The smallest absolute Gasteiger partial charge is 0.250 e. The lowest BCUT2D eigenvalue weighted by atomic mass is 9.77. The number of fused-ring (bicyclic) bond motifs is 3. The molecule has 4 aromatic carbocycles. The fourth-order valence-electron chi connectivity index (χ4n) is 4.69. The molecule has 3 heteroatoms. The van der Waals surface area contributed by atoms with Crippen molar-refractivity contribution in [1.29, 1.82) is 0 Å². The molecule has 0 saturated heterocycles. The molecule has 0 spiro atoms. The minimum Gasteiger partial charge on any atom is -0.250 e. The van der Waals surface area contributed by atoms with Gasteiger partial charge in [-0.3, -0.25) is 0 Å². The van der Waals surface area contributed by atoms with E-state index in [0.29, 0.717) is 5.58 Å². The summed E-state index contributed by atoms with van der Waals surface area (Å²) in [4.78, 5) is 0. The molecular formula is C30H28O2P+. The highest BCUT2D eigenvalue weighted by molar-refractivity contribution is 7.37. The number of benzene rings is 4. The maximum absolute atomic E-state index is 13.1. The van der Waals surface area contributed by atoms with Gasteiger partial charge in [0, 0.05) is 27.7 Å².